The molecule has 1 saturated heterocycles. The van der Waals surface area contributed by atoms with Crippen LogP contribution in [0.15, 0.2) is 24.5 Å². The fraction of sp³-hybridized carbons (Fsp3) is 0.591. The number of hydrogen-bond donors (Lipinski definition) is 1. The highest BCUT2D eigenvalue weighted by molar-refractivity contribution is 5.84. The first-order chi connectivity index (χ1) is 15.2. The first kappa shape index (κ1) is 23.2. The molecule has 2 amide bonds. The van der Waals surface area contributed by atoms with Gasteiger partial charge in [0.25, 0.3) is 0 Å². The molecule has 2 aromatic rings. The van der Waals surface area contributed by atoms with Crippen LogP contribution < -0.4 is 10.1 Å². The summed E-state index contributed by atoms with van der Waals surface area (Å²) in [7, 11) is 0. The molecule has 2 aliphatic rings. The number of ether oxygens (including phenoxy) is 2. The van der Waals surface area contributed by atoms with Crippen LogP contribution in [0.3, 0.4) is 0 Å². The van der Waals surface area contributed by atoms with E-state index in [0.717, 1.165) is 0 Å². The number of fused-ring (bicyclic) bond motifs is 2. The summed E-state index contributed by atoms with van der Waals surface area (Å²) in [5.41, 5.74) is -1.39. The second-order valence-corrected chi connectivity index (χ2v) is 10.1. The number of aromatic nitrogens is 2. The minimum Gasteiger partial charge on any atom is -0.444 e. The Morgan fingerprint density at radius 2 is 1.76 bits per heavy atom. The van der Waals surface area contributed by atoms with E-state index in [4.69, 9.17) is 4.74 Å². The lowest BCUT2D eigenvalue weighted by Crippen LogP contribution is -2.45. The monoisotopic (exact) mass is 468 g/mol. The van der Waals surface area contributed by atoms with Gasteiger partial charge in [-0.05, 0) is 58.6 Å². The van der Waals surface area contributed by atoms with Gasteiger partial charge in [0.05, 0.1) is 11.7 Å². The van der Waals surface area contributed by atoms with Gasteiger partial charge in [0.1, 0.15) is 16.9 Å². The SMILES string of the molecule is CC(C)(C)OC(=O)N1C[C@@H]2C(C(=O)NC(C)(C)c3ncc4c(OC(F)(F)F)cccn34)[C@@H]2C1. The molecule has 0 bridgehead atoms. The molecule has 33 heavy (non-hydrogen) atoms. The first-order valence-electron chi connectivity index (χ1n) is 10.7. The molecule has 1 aliphatic heterocycles. The predicted octanol–water partition coefficient (Wildman–Crippen LogP) is 3.70. The molecule has 1 saturated carbocycles. The molecule has 11 heteroatoms. The molecule has 8 nitrogen and oxygen atoms in total. The van der Waals surface area contributed by atoms with Gasteiger partial charge >= 0.3 is 12.5 Å². The summed E-state index contributed by atoms with van der Waals surface area (Å²) in [4.78, 5) is 31.1. The van der Waals surface area contributed by atoms with E-state index in [2.05, 4.69) is 15.0 Å². The minimum absolute atomic E-state index is 0.0668. The van der Waals surface area contributed by atoms with Crippen molar-refractivity contribution in [3.63, 3.8) is 0 Å². The summed E-state index contributed by atoms with van der Waals surface area (Å²) in [6, 6.07) is 2.63. The summed E-state index contributed by atoms with van der Waals surface area (Å²) in [5.74, 6) is -0.254. The molecule has 0 aromatic carbocycles. The van der Waals surface area contributed by atoms with Crippen LogP contribution in [0.2, 0.25) is 0 Å². The number of likely N-dealkylation sites (tertiary alicyclic amines) is 1. The zero-order valence-corrected chi connectivity index (χ0v) is 19.1. The van der Waals surface area contributed by atoms with Crippen molar-refractivity contribution in [2.45, 2.75) is 52.1 Å². The van der Waals surface area contributed by atoms with Gasteiger partial charge in [-0.25, -0.2) is 9.78 Å². The number of halogens is 3. The van der Waals surface area contributed by atoms with Gasteiger partial charge in [0.15, 0.2) is 5.75 Å². The first-order valence-corrected chi connectivity index (χ1v) is 10.7. The number of pyridine rings is 1. The number of carbonyl (C=O) groups is 2. The van der Waals surface area contributed by atoms with Crippen LogP contribution in [0.4, 0.5) is 18.0 Å². The van der Waals surface area contributed by atoms with Crippen molar-refractivity contribution in [3.05, 3.63) is 30.4 Å². The van der Waals surface area contributed by atoms with Crippen LogP contribution >= 0.6 is 0 Å². The van der Waals surface area contributed by atoms with Crippen LogP contribution in [-0.2, 0) is 15.1 Å². The maximum absolute atomic E-state index is 13.0. The third kappa shape index (κ3) is 4.72. The molecule has 2 fully saturated rings. The number of amides is 2. The molecule has 1 aliphatic carbocycles. The van der Waals surface area contributed by atoms with Crippen molar-refractivity contribution in [2.24, 2.45) is 17.8 Å². The zero-order valence-electron chi connectivity index (χ0n) is 19.1. The molecular formula is C22H27F3N4O4. The molecule has 0 spiro atoms. The molecule has 0 radical (unpaired) electrons. The Kier molecular flexibility index (Phi) is 5.29. The van der Waals surface area contributed by atoms with Crippen molar-refractivity contribution in [1.82, 2.24) is 19.6 Å². The Balaban J connectivity index is 1.42. The summed E-state index contributed by atoms with van der Waals surface area (Å²) >= 11 is 0. The summed E-state index contributed by atoms with van der Waals surface area (Å²) < 4.78 is 49.1. The third-order valence-electron chi connectivity index (χ3n) is 5.90. The lowest BCUT2D eigenvalue weighted by atomic mass is 10.0. The lowest BCUT2D eigenvalue weighted by molar-refractivity contribution is -0.274. The molecule has 3 atom stereocenters. The fourth-order valence-corrected chi connectivity index (χ4v) is 4.51. The highest BCUT2D eigenvalue weighted by Crippen LogP contribution is 2.52. The molecule has 180 valence electrons. The van der Waals surface area contributed by atoms with Crippen molar-refractivity contribution in [1.29, 1.82) is 0 Å². The second kappa shape index (κ2) is 7.53. The van der Waals surface area contributed by atoms with Gasteiger partial charge in [-0.1, -0.05) is 0 Å². The van der Waals surface area contributed by atoms with Crippen molar-refractivity contribution < 1.29 is 32.2 Å². The summed E-state index contributed by atoms with van der Waals surface area (Å²) in [6.07, 6.45) is -2.35. The summed E-state index contributed by atoms with van der Waals surface area (Å²) in [6.45, 7) is 9.81. The Morgan fingerprint density at radius 3 is 2.33 bits per heavy atom. The number of nitrogens with zero attached hydrogens (tertiary/aromatic N) is 3. The Labute approximate surface area is 189 Å². The number of imidazole rings is 1. The van der Waals surface area contributed by atoms with E-state index in [9.17, 15) is 22.8 Å². The third-order valence-corrected chi connectivity index (χ3v) is 5.90. The number of carbonyl (C=O) groups excluding carboxylic acids is 2. The van der Waals surface area contributed by atoms with E-state index < -0.39 is 17.5 Å². The van der Waals surface area contributed by atoms with E-state index in [1.807, 2.05) is 0 Å². The van der Waals surface area contributed by atoms with Crippen molar-refractivity contribution in [2.75, 3.05) is 13.1 Å². The lowest BCUT2D eigenvalue weighted by Gasteiger charge is -2.27. The summed E-state index contributed by atoms with van der Waals surface area (Å²) in [5, 5.41) is 2.97. The van der Waals surface area contributed by atoms with Crippen molar-refractivity contribution in [3.8, 4) is 5.75 Å². The van der Waals surface area contributed by atoms with Gasteiger partial charge in [0, 0.05) is 25.2 Å². The molecule has 3 heterocycles. The van der Waals surface area contributed by atoms with E-state index in [1.54, 1.807) is 45.7 Å². The Bertz CT molecular complexity index is 1080. The van der Waals surface area contributed by atoms with Crippen molar-refractivity contribution >= 4 is 17.5 Å². The zero-order chi connectivity index (χ0) is 24.3. The quantitative estimate of drug-likeness (QED) is 0.740. The molecule has 1 unspecified atom stereocenters. The van der Waals surface area contributed by atoms with Crippen LogP contribution in [0.25, 0.3) is 5.52 Å². The predicted molar refractivity (Wildman–Crippen MR) is 111 cm³/mol. The van der Waals surface area contributed by atoms with Gasteiger partial charge in [0.2, 0.25) is 5.91 Å². The van der Waals surface area contributed by atoms with Crippen LogP contribution in [0, 0.1) is 17.8 Å². The molecule has 1 N–H and O–H groups in total. The number of piperidine rings is 1. The van der Waals surface area contributed by atoms with E-state index in [0.29, 0.717) is 18.9 Å². The highest BCUT2D eigenvalue weighted by Gasteiger charge is 2.61. The molecule has 4 rings (SSSR count). The van der Waals surface area contributed by atoms with Gasteiger partial charge < -0.3 is 19.7 Å². The largest absolute Gasteiger partial charge is 0.573 e. The maximum atomic E-state index is 13.0. The molecule has 2 aromatic heterocycles. The van der Waals surface area contributed by atoms with Crippen LogP contribution in [-0.4, -0.2) is 51.3 Å². The normalized spacial score (nSPS) is 22.8. The fourth-order valence-electron chi connectivity index (χ4n) is 4.51. The standard InChI is InChI=1S/C22H27F3N4O4/c1-20(2,3)33-19(31)28-10-12-13(11-28)16(12)17(30)27-21(4,5)18-26-9-14-15(32-22(23,24)25)7-6-8-29(14)18/h6-9,12-13,16H,10-11H2,1-5H3,(H,27,30)/t12-,13+,16?. The van der Waals surface area contributed by atoms with E-state index in [-0.39, 0.29) is 41.0 Å². The average molecular weight is 468 g/mol. The number of hydrogen-bond acceptors (Lipinski definition) is 5. The van der Waals surface area contributed by atoms with Gasteiger partial charge in [-0.2, -0.15) is 0 Å². The maximum Gasteiger partial charge on any atom is 0.573 e. The molecular weight excluding hydrogens is 441 g/mol. The van der Waals surface area contributed by atoms with E-state index >= 15 is 0 Å². The number of rotatable bonds is 4. The smallest absolute Gasteiger partial charge is 0.444 e. The van der Waals surface area contributed by atoms with Gasteiger partial charge in [-0.15, -0.1) is 13.2 Å². The topological polar surface area (TPSA) is 85.2 Å². The van der Waals surface area contributed by atoms with Crippen LogP contribution in [0.5, 0.6) is 5.75 Å². The minimum atomic E-state index is -4.83. The van der Waals surface area contributed by atoms with E-state index in [1.165, 1.54) is 22.7 Å². The average Bonchev–Trinajstić information content (AvgIpc) is 3.01. The van der Waals surface area contributed by atoms with Crippen LogP contribution in [0.1, 0.15) is 40.4 Å². The highest BCUT2D eigenvalue weighted by atomic mass is 19.4. The number of nitrogens with one attached hydrogen (secondary N) is 1. The van der Waals surface area contributed by atoms with Gasteiger partial charge in [-0.3, -0.25) is 9.20 Å². The Hall–Kier alpha value is -2.98. The second-order valence-electron chi connectivity index (χ2n) is 10.1. The Morgan fingerprint density at radius 1 is 1.12 bits per heavy atom. The number of alkyl halides is 3.